The Morgan fingerprint density at radius 3 is 2.43 bits per heavy atom. The molecular formula is C13H14Cl2N6. The lowest BCUT2D eigenvalue weighted by molar-refractivity contribution is 0.641. The fourth-order valence-corrected chi connectivity index (χ4v) is 2.77. The summed E-state index contributed by atoms with van der Waals surface area (Å²) < 4.78 is 0. The van der Waals surface area contributed by atoms with E-state index in [0.717, 1.165) is 37.8 Å². The number of rotatable bonds is 2. The summed E-state index contributed by atoms with van der Waals surface area (Å²) in [6, 6.07) is 5.40. The number of nitrogens with zero attached hydrogens (tertiary/aromatic N) is 5. The second kappa shape index (κ2) is 5.91. The van der Waals surface area contributed by atoms with Gasteiger partial charge in [0.05, 0.1) is 5.02 Å². The molecule has 2 N–H and O–H groups in total. The minimum Gasteiger partial charge on any atom is -0.368 e. The molecule has 1 fully saturated rings. The molecule has 3 rings (SSSR count). The first-order valence-corrected chi connectivity index (χ1v) is 7.29. The summed E-state index contributed by atoms with van der Waals surface area (Å²) in [6.07, 6.45) is 1.75. The third-order valence-corrected chi connectivity index (χ3v) is 3.83. The highest BCUT2D eigenvalue weighted by Gasteiger charge is 2.21. The minimum absolute atomic E-state index is 0.188. The van der Waals surface area contributed by atoms with E-state index in [4.69, 9.17) is 28.9 Å². The molecule has 0 aliphatic carbocycles. The molecule has 0 bridgehead atoms. The topological polar surface area (TPSA) is 71.2 Å². The molecule has 8 heteroatoms. The van der Waals surface area contributed by atoms with Crippen molar-refractivity contribution in [3.63, 3.8) is 0 Å². The number of anilines is 3. The van der Waals surface area contributed by atoms with Gasteiger partial charge < -0.3 is 15.5 Å². The molecule has 3 heterocycles. The van der Waals surface area contributed by atoms with E-state index >= 15 is 0 Å². The fraction of sp³-hybridized carbons (Fsp3) is 0.308. The molecule has 2 aromatic rings. The number of hydrogen-bond acceptors (Lipinski definition) is 6. The van der Waals surface area contributed by atoms with Crippen LogP contribution in [0.4, 0.5) is 17.6 Å². The van der Waals surface area contributed by atoms with Crippen molar-refractivity contribution in [3.05, 3.63) is 34.6 Å². The van der Waals surface area contributed by atoms with E-state index < -0.39 is 0 Å². The normalized spacial score (nSPS) is 15.3. The van der Waals surface area contributed by atoms with Crippen LogP contribution < -0.4 is 15.5 Å². The monoisotopic (exact) mass is 324 g/mol. The van der Waals surface area contributed by atoms with Crippen LogP contribution in [0, 0.1) is 0 Å². The van der Waals surface area contributed by atoms with Gasteiger partial charge >= 0.3 is 0 Å². The van der Waals surface area contributed by atoms with Crippen LogP contribution in [0.15, 0.2) is 24.4 Å². The number of nitrogens with two attached hydrogens (primary N) is 1. The predicted molar refractivity (Wildman–Crippen MR) is 85.1 cm³/mol. The molecule has 110 valence electrons. The van der Waals surface area contributed by atoms with E-state index in [0.29, 0.717) is 10.2 Å². The zero-order chi connectivity index (χ0) is 14.8. The van der Waals surface area contributed by atoms with Crippen molar-refractivity contribution in [2.75, 3.05) is 41.7 Å². The molecule has 2 aromatic heterocycles. The van der Waals surface area contributed by atoms with Crippen LogP contribution in [0.5, 0.6) is 0 Å². The van der Waals surface area contributed by atoms with Gasteiger partial charge in [-0.3, -0.25) is 0 Å². The summed E-state index contributed by atoms with van der Waals surface area (Å²) in [5.41, 5.74) is 5.63. The van der Waals surface area contributed by atoms with Crippen molar-refractivity contribution in [1.82, 2.24) is 15.0 Å². The van der Waals surface area contributed by atoms with Gasteiger partial charge in [0.1, 0.15) is 16.8 Å². The number of piperazine rings is 1. The van der Waals surface area contributed by atoms with E-state index in [2.05, 4.69) is 24.8 Å². The van der Waals surface area contributed by atoms with Crippen molar-refractivity contribution in [1.29, 1.82) is 0 Å². The smallest absolute Gasteiger partial charge is 0.223 e. The highest BCUT2D eigenvalue weighted by atomic mass is 35.5. The molecule has 1 aliphatic rings. The maximum Gasteiger partial charge on any atom is 0.223 e. The van der Waals surface area contributed by atoms with Gasteiger partial charge in [-0.15, -0.1) is 0 Å². The first-order valence-electron chi connectivity index (χ1n) is 6.54. The molecule has 6 nitrogen and oxygen atoms in total. The van der Waals surface area contributed by atoms with Crippen molar-refractivity contribution in [2.45, 2.75) is 0 Å². The van der Waals surface area contributed by atoms with Crippen molar-refractivity contribution >= 4 is 40.8 Å². The van der Waals surface area contributed by atoms with E-state index in [9.17, 15) is 0 Å². The number of hydrogen-bond donors (Lipinski definition) is 1. The SMILES string of the molecule is Nc1nc(Cl)cc(N2CCN(c3ncccc3Cl)CC2)n1. The standard InChI is InChI=1S/C13H14Cl2N6/c14-9-2-1-3-17-12(9)21-6-4-20(5-7-21)11-8-10(15)18-13(16)19-11/h1-3,8H,4-7H2,(H2,16,18,19). The van der Waals surface area contributed by atoms with Crippen LogP contribution in [0.25, 0.3) is 0 Å². The van der Waals surface area contributed by atoms with Gasteiger partial charge in [-0.25, -0.2) is 9.97 Å². The zero-order valence-electron chi connectivity index (χ0n) is 11.2. The molecule has 0 unspecified atom stereocenters. The summed E-state index contributed by atoms with van der Waals surface area (Å²) in [5.74, 6) is 1.76. The summed E-state index contributed by atoms with van der Waals surface area (Å²) in [5, 5.41) is 1.02. The number of pyridine rings is 1. The van der Waals surface area contributed by atoms with Crippen molar-refractivity contribution in [2.24, 2.45) is 0 Å². The summed E-state index contributed by atoms with van der Waals surface area (Å²) in [6.45, 7) is 3.19. The van der Waals surface area contributed by atoms with Crippen LogP contribution in [0.1, 0.15) is 0 Å². The average molecular weight is 325 g/mol. The van der Waals surface area contributed by atoms with E-state index in [1.54, 1.807) is 12.3 Å². The Morgan fingerprint density at radius 1 is 1.05 bits per heavy atom. The highest BCUT2D eigenvalue weighted by Crippen LogP contribution is 2.25. The lowest BCUT2D eigenvalue weighted by Crippen LogP contribution is -2.47. The highest BCUT2D eigenvalue weighted by molar-refractivity contribution is 6.32. The van der Waals surface area contributed by atoms with Gasteiger partial charge in [-0.05, 0) is 12.1 Å². The summed E-state index contributed by atoms with van der Waals surface area (Å²) in [7, 11) is 0. The lowest BCUT2D eigenvalue weighted by Gasteiger charge is -2.36. The second-order valence-corrected chi connectivity index (χ2v) is 5.48. The van der Waals surface area contributed by atoms with Gasteiger partial charge in [0.25, 0.3) is 0 Å². The van der Waals surface area contributed by atoms with Crippen LogP contribution in [0.2, 0.25) is 10.2 Å². The first kappa shape index (κ1) is 14.2. The molecule has 1 saturated heterocycles. The third kappa shape index (κ3) is 3.11. The summed E-state index contributed by atoms with van der Waals surface area (Å²) in [4.78, 5) is 16.7. The molecule has 0 amide bonds. The largest absolute Gasteiger partial charge is 0.368 e. The van der Waals surface area contributed by atoms with Crippen LogP contribution >= 0.6 is 23.2 Å². The Hall–Kier alpha value is -1.79. The van der Waals surface area contributed by atoms with Crippen molar-refractivity contribution < 1.29 is 0 Å². The average Bonchev–Trinajstić information content (AvgIpc) is 2.47. The molecule has 0 radical (unpaired) electrons. The van der Waals surface area contributed by atoms with E-state index in [-0.39, 0.29) is 5.95 Å². The molecule has 0 spiro atoms. The Balaban J connectivity index is 1.72. The molecule has 21 heavy (non-hydrogen) atoms. The van der Waals surface area contributed by atoms with Gasteiger partial charge in [0.2, 0.25) is 5.95 Å². The molecular weight excluding hydrogens is 311 g/mol. The Labute approximate surface area is 132 Å². The number of nitrogen functional groups attached to an aromatic ring is 1. The van der Waals surface area contributed by atoms with Gasteiger partial charge in [-0.2, -0.15) is 4.98 Å². The predicted octanol–water partition coefficient (Wildman–Crippen LogP) is 2.09. The van der Waals surface area contributed by atoms with Crippen LogP contribution in [-0.4, -0.2) is 41.1 Å². The minimum atomic E-state index is 0.188. The van der Waals surface area contributed by atoms with Crippen LogP contribution in [-0.2, 0) is 0 Å². The second-order valence-electron chi connectivity index (χ2n) is 4.69. The Bertz CT molecular complexity index is 622. The molecule has 0 aromatic carbocycles. The molecule has 0 saturated carbocycles. The Morgan fingerprint density at radius 2 is 1.76 bits per heavy atom. The Kier molecular flexibility index (Phi) is 3.98. The number of halogens is 2. The zero-order valence-corrected chi connectivity index (χ0v) is 12.7. The van der Waals surface area contributed by atoms with E-state index in [1.807, 2.05) is 12.1 Å². The first-order chi connectivity index (χ1) is 10.1. The van der Waals surface area contributed by atoms with E-state index in [1.165, 1.54) is 0 Å². The maximum atomic E-state index is 6.18. The molecule has 0 atom stereocenters. The molecule has 1 aliphatic heterocycles. The lowest BCUT2D eigenvalue weighted by atomic mass is 10.3. The maximum absolute atomic E-state index is 6.18. The van der Waals surface area contributed by atoms with Gasteiger partial charge in [0, 0.05) is 38.4 Å². The summed E-state index contributed by atoms with van der Waals surface area (Å²) >= 11 is 12.1. The van der Waals surface area contributed by atoms with Gasteiger partial charge in [0.15, 0.2) is 0 Å². The van der Waals surface area contributed by atoms with Crippen LogP contribution in [0.3, 0.4) is 0 Å². The van der Waals surface area contributed by atoms with Crippen molar-refractivity contribution in [3.8, 4) is 0 Å². The van der Waals surface area contributed by atoms with Gasteiger partial charge in [-0.1, -0.05) is 23.2 Å². The fourth-order valence-electron chi connectivity index (χ4n) is 2.34. The third-order valence-electron chi connectivity index (χ3n) is 3.34. The number of aromatic nitrogens is 3. The quantitative estimate of drug-likeness (QED) is 0.853.